The number of carboxylic acids is 1. The van der Waals surface area contributed by atoms with Gasteiger partial charge in [-0.25, -0.2) is 0 Å². The molecule has 5 nitrogen and oxygen atoms in total. The summed E-state index contributed by atoms with van der Waals surface area (Å²) in [5.41, 5.74) is -2.24. The number of aliphatic carboxylic acids is 1. The second-order valence-corrected chi connectivity index (χ2v) is 6.44. The van der Waals surface area contributed by atoms with Crippen LogP contribution in [-0.2, 0) is 4.79 Å². The van der Waals surface area contributed by atoms with Gasteiger partial charge in [-0.15, -0.1) is 0 Å². The van der Waals surface area contributed by atoms with Gasteiger partial charge in [0.25, 0.3) is 5.91 Å². The molecule has 1 aliphatic rings. The van der Waals surface area contributed by atoms with E-state index in [9.17, 15) is 22.8 Å². The van der Waals surface area contributed by atoms with Crippen LogP contribution in [0.1, 0.15) is 22.5 Å². The molecule has 134 valence electrons. The van der Waals surface area contributed by atoms with Crippen molar-refractivity contribution in [3.8, 4) is 0 Å². The number of alkyl halides is 3. The van der Waals surface area contributed by atoms with E-state index in [0.29, 0.717) is 10.9 Å². The first-order chi connectivity index (χ1) is 11.6. The summed E-state index contributed by atoms with van der Waals surface area (Å²) < 4.78 is 45.2. The lowest BCUT2D eigenvalue weighted by atomic mass is 9.86. The fourth-order valence-corrected chi connectivity index (χ4v) is 3.28. The van der Waals surface area contributed by atoms with Crippen molar-refractivity contribution in [3.05, 3.63) is 34.5 Å². The lowest BCUT2D eigenvalue weighted by molar-refractivity contribution is -0.227. The molecule has 1 aromatic carbocycles. The molecule has 1 amide bonds. The van der Waals surface area contributed by atoms with Crippen molar-refractivity contribution in [2.45, 2.75) is 19.5 Å². The number of halogens is 4. The first-order valence-electron chi connectivity index (χ1n) is 7.35. The Hall–Kier alpha value is -2.22. The van der Waals surface area contributed by atoms with E-state index in [4.69, 9.17) is 21.1 Å². The summed E-state index contributed by atoms with van der Waals surface area (Å²) in [5, 5.41) is 9.93. The van der Waals surface area contributed by atoms with Crippen LogP contribution < -0.4 is 0 Å². The molecular weight excluding hydrogens is 363 g/mol. The maximum atomic E-state index is 13.2. The van der Waals surface area contributed by atoms with Crippen LogP contribution in [0.3, 0.4) is 0 Å². The first-order valence-corrected chi connectivity index (χ1v) is 7.73. The Morgan fingerprint density at radius 1 is 1.36 bits per heavy atom. The number of hydrogen-bond donors (Lipinski definition) is 1. The molecule has 1 unspecified atom stereocenters. The molecule has 9 heteroatoms. The summed E-state index contributed by atoms with van der Waals surface area (Å²) in [4.78, 5) is 24.7. The summed E-state index contributed by atoms with van der Waals surface area (Å²) in [6.07, 6.45) is -5.66. The van der Waals surface area contributed by atoms with E-state index in [-0.39, 0.29) is 22.9 Å². The summed E-state index contributed by atoms with van der Waals surface area (Å²) in [5.74, 6) is -2.90. The highest BCUT2D eigenvalue weighted by Crippen LogP contribution is 2.46. The van der Waals surface area contributed by atoms with Gasteiger partial charge in [0.1, 0.15) is 0 Å². The highest BCUT2D eigenvalue weighted by atomic mass is 35.5. The second kappa shape index (κ2) is 5.66. The quantitative estimate of drug-likeness (QED) is 0.865. The highest BCUT2D eigenvalue weighted by molar-refractivity contribution is 6.35. The SMILES string of the molecule is Cc1c(C(=O)N2CCC(C(=O)O)(C(F)(F)F)C2)oc2c(Cl)cccc12. The molecule has 0 spiro atoms. The van der Waals surface area contributed by atoms with Gasteiger partial charge >= 0.3 is 12.1 Å². The molecule has 1 fully saturated rings. The first kappa shape index (κ1) is 17.6. The monoisotopic (exact) mass is 375 g/mol. The molecule has 1 aromatic heterocycles. The number of carbonyl (C=O) groups excluding carboxylic acids is 1. The highest BCUT2D eigenvalue weighted by Gasteiger charge is 2.64. The van der Waals surface area contributed by atoms with E-state index in [1.807, 2.05) is 0 Å². The number of likely N-dealkylation sites (tertiary alicyclic amines) is 1. The minimum atomic E-state index is -4.96. The van der Waals surface area contributed by atoms with Gasteiger partial charge in [-0.1, -0.05) is 23.7 Å². The van der Waals surface area contributed by atoms with Gasteiger partial charge in [-0.2, -0.15) is 13.2 Å². The van der Waals surface area contributed by atoms with Gasteiger partial charge in [-0.3, -0.25) is 9.59 Å². The summed E-state index contributed by atoms with van der Waals surface area (Å²) >= 11 is 6.01. The number of carbonyl (C=O) groups is 2. The number of aryl methyl sites for hydroxylation is 1. The number of carboxylic acid groups (broad SMARTS) is 1. The number of hydrogen-bond acceptors (Lipinski definition) is 3. The molecule has 0 saturated carbocycles. The Kier molecular flexibility index (Phi) is 3.98. The molecule has 0 radical (unpaired) electrons. The van der Waals surface area contributed by atoms with Gasteiger partial charge in [0.15, 0.2) is 16.8 Å². The maximum Gasteiger partial charge on any atom is 0.406 e. The van der Waals surface area contributed by atoms with Crippen LogP contribution in [0.2, 0.25) is 5.02 Å². The van der Waals surface area contributed by atoms with E-state index < -0.39 is 36.4 Å². The van der Waals surface area contributed by atoms with E-state index >= 15 is 0 Å². The molecule has 0 bridgehead atoms. The molecule has 2 heterocycles. The molecule has 1 aliphatic heterocycles. The normalized spacial score (nSPS) is 21.1. The fourth-order valence-electron chi connectivity index (χ4n) is 3.07. The van der Waals surface area contributed by atoms with E-state index in [1.54, 1.807) is 25.1 Å². The Morgan fingerprint density at radius 3 is 2.56 bits per heavy atom. The van der Waals surface area contributed by atoms with Crippen LogP contribution >= 0.6 is 11.6 Å². The van der Waals surface area contributed by atoms with Gasteiger partial charge in [-0.05, 0) is 19.4 Å². The molecule has 1 atom stereocenters. The van der Waals surface area contributed by atoms with Crippen molar-refractivity contribution in [2.24, 2.45) is 5.41 Å². The van der Waals surface area contributed by atoms with Crippen molar-refractivity contribution in [1.29, 1.82) is 0 Å². The van der Waals surface area contributed by atoms with Crippen LogP contribution in [0.5, 0.6) is 0 Å². The number of furan rings is 1. The van der Waals surface area contributed by atoms with Gasteiger partial charge < -0.3 is 14.4 Å². The third-order valence-corrected chi connectivity index (χ3v) is 4.92. The molecule has 1 N–H and O–H groups in total. The molecule has 25 heavy (non-hydrogen) atoms. The van der Waals surface area contributed by atoms with Gasteiger partial charge in [0.2, 0.25) is 0 Å². The maximum absolute atomic E-state index is 13.2. The van der Waals surface area contributed by atoms with Crippen LogP contribution in [0.25, 0.3) is 11.0 Å². The minimum absolute atomic E-state index is 0.133. The summed E-state index contributed by atoms with van der Waals surface area (Å²) in [6.45, 7) is 0.323. The largest absolute Gasteiger partial charge is 0.481 e. The zero-order valence-corrected chi connectivity index (χ0v) is 13.7. The zero-order valence-electron chi connectivity index (χ0n) is 13.0. The molecular formula is C16H13ClF3NO4. The third kappa shape index (κ3) is 2.55. The molecule has 1 saturated heterocycles. The van der Waals surface area contributed by atoms with Crippen LogP contribution in [0.15, 0.2) is 22.6 Å². The van der Waals surface area contributed by atoms with Gasteiger partial charge in [0.05, 0.1) is 5.02 Å². The average molecular weight is 376 g/mol. The summed E-state index contributed by atoms with van der Waals surface area (Å²) in [7, 11) is 0. The van der Waals surface area contributed by atoms with Crippen LogP contribution in [0.4, 0.5) is 13.2 Å². The average Bonchev–Trinajstić information content (AvgIpc) is 3.11. The van der Waals surface area contributed by atoms with Gasteiger partial charge in [0, 0.05) is 24.0 Å². The predicted molar refractivity (Wildman–Crippen MR) is 82.6 cm³/mol. The number of para-hydroxylation sites is 1. The molecule has 2 aromatic rings. The second-order valence-electron chi connectivity index (χ2n) is 6.03. The number of benzene rings is 1. The lowest BCUT2D eigenvalue weighted by Crippen LogP contribution is -2.47. The Morgan fingerprint density at radius 2 is 2.04 bits per heavy atom. The third-order valence-electron chi connectivity index (χ3n) is 4.62. The minimum Gasteiger partial charge on any atom is -0.481 e. The van der Waals surface area contributed by atoms with Crippen LogP contribution in [-0.4, -0.2) is 41.1 Å². The number of amides is 1. The van der Waals surface area contributed by atoms with E-state index in [0.717, 1.165) is 4.90 Å². The number of fused-ring (bicyclic) bond motifs is 1. The van der Waals surface area contributed by atoms with Crippen molar-refractivity contribution < 1.29 is 32.3 Å². The van der Waals surface area contributed by atoms with Crippen LogP contribution in [0, 0.1) is 12.3 Å². The molecule has 3 rings (SSSR count). The van der Waals surface area contributed by atoms with Crippen molar-refractivity contribution >= 4 is 34.4 Å². The number of nitrogens with zero attached hydrogens (tertiary/aromatic N) is 1. The molecule has 0 aliphatic carbocycles. The lowest BCUT2D eigenvalue weighted by Gasteiger charge is -2.27. The van der Waals surface area contributed by atoms with Crippen molar-refractivity contribution in [1.82, 2.24) is 4.90 Å². The van der Waals surface area contributed by atoms with Crippen molar-refractivity contribution in [3.63, 3.8) is 0 Å². The van der Waals surface area contributed by atoms with E-state index in [2.05, 4.69) is 0 Å². The Bertz CT molecular complexity index is 876. The predicted octanol–water partition coefficient (Wildman–Crippen LogP) is 3.87. The zero-order chi connectivity index (χ0) is 18.6. The standard InChI is InChI=1S/C16H13ClF3NO4/c1-8-9-3-2-4-10(17)12(9)25-11(8)13(22)21-6-5-15(7-21,14(23)24)16(18,19)20/h2-4H,5-7H2,1H3,(H,23,24). The Balaban J connectivity index is 1.97. The fraction of sp³-hybridized carbons (Fsp3) is 0.375. The summed E-state index contributed by atoms with van der Waals surface area (Å²) in [6, 6.07) is 4.91. The van der Waals surface area contributed by atoms with Crippen molar-refractivity contribution in [2.75, 3.05) is 13.1 Å². The Labute approximate surface area is 144 Å². The smallest absolute Gasteiger partial charge is 0.406 e. The topological polar surface area (TPSA) is 70.8 Å². The van der Waals surface area contributed by atoms with E-state index in [1.165, 1.54) is 0 Å². The number of rotatable bonds is 2.